The van der Waals surface area contributed by atoms with Gasteiger partial charge in [-0.15, -0.1) is 37.1 Å². The van der Waals surface area contributed by atoms with E-state index in [1.807, 2.05) is 0 Å². The lowest BCUT2D eigenvalue weighted by Gasteiger charge is -2.16. The summed E-state index contributed by atoms with van der Waals surface area (Å²) in [4.78, 5) is 4.23. The zero-order valence-corrected chi connectivity index (χ0v) is 16.5. The standard InChI is InChI=1S/C16H24F3N3O2.HI/c1-11(2)9-12(7-8-23)10-21-15(20)22-13-3-5-14(6-4-13)24-16(17,18)19;/h3-6,11-12,23H,7-10H2,1-2H3,(H3,20,21,22);1H. The van der Waals surface area contributed by atoms with Crippen LogP contribution in [0.3, 0.4) is 0 Å². The first-order chi connectivity index (χ1) is 11.2. The molecule has 0 saturated heterocycles. The van der Waals surface area contributed by atoms with Crippen molar-refractivity contribution in [1.82, 2.24) is 0 Å². The van der Waals surface area contributed by atoms with E-state index >= 15 is 0 Å². The Bertz CT molecular complexity index is 522. The zero-order chi connectivity index (χ0) is 18.2. The third-order valence-electron chi connectivity index (χ3n) is 3.22. The number of aliphatic hydroxyl groups excluding tert-OH is 1. The highest BCUT2D eigenvalue weighted by atomic mass is 127. The fourth-order valence-corrected chi connectivity index (χ4v) is 2.29. The van der Waals surface area contributed by atoms with E-state index in [2.05, 4.69) is 28.9 Å². The number of nitrogens with one attached hydrogen (secondary N) is 1. The molecule has 25 heavy (non-hydrogen) atoms. The Labute approximate surface area is 162 Å². The molecule has 1 unspecified atom stereocenters. The van der Waals surface area contributed by atoms with Crippen LogP contribution in [0.5, 0.6) is 5.75 Å². The van der Waals surface area contributed by atoms with Crippen molar-refractivity contribution in [2.45, 2.75) is 33.1 Å². The maximum absolute atomic E-state index is 12.1. The Morgan fingerprint density at radius 3 is 2.36 bits per heavy atom. The van der Waals surface area contributed by atoms with Crippen LogP contribution in [0.4, 0.5) is 18.9 Å². The van der Waals surface area contributed by atoms with E-state index in [0.29, 0.717) is 24.6 Å². The van der Waals surface area contributed by atoms with Gasteiger partial charge in [0.2, 0.25) is 0 Å². The molecule has 1 atom stereocenters. The van der Waals surface area contributed by atoms with Crippen LogP contribution < -0.4 is 15.8 Å². The van der Waals surface area contributed by atoms with E-state index in [-0.39, 0.29) is 48.2 Å². The molecule has 5 nitrogen and oxygen atoms in total. The SMILES string of the molecule is CC(C)CC(CCO)CN=C(N)Nc1ccc(OC(F)(F)F)cc1.I. The van der Waals surface area contributed by atoms with Gasteiger partial charge in [0, 0.05) is 18.8 Å². The van der Waals surface area contributed by atoms with Gasteiger partial charge in [0.15, 0.2) is 5.96 Å². The van der Waals surface area contributed by atoms with Crippen molar-refractivity contribution in [3.63, 3.8) is 0 Å². The Morgan fingerprint density at radius 2 is 1.88 bits per heavy atom. The van der Waals surface area contributed by atoms with E-state index in [1.165, 1.54) is 24.3 Å². The Hall–Kier alpha value is -1.23. The van der Waals surface area contributed by atoms with E-state index in [4.69, 9.17) is 10.8 Å². The van der Waals surface area contributed by atoms with Crippen LogP contribution >= 0.6 is 24.0 Å². The van der Waals surface area contributed by atoms with E-state index < -0.39 is 6.36 Å². The number of benzene rings is 1. The number of guanidine groups is 1. The minimum Gasteiger partial charge on any atom is -0.406 e. The molecule has 0 amide bonds. The quantitative estimate of drug-likeness (QED) is 0.302. The molecule has 0 aliphatic carbocycles. The number of anilines is 1. The molecule has 0 heterocycles. The van der Waals surface area contributed by atoms with Crippen LogP contribution in [-0.2, 0) is 0 Å². The fourth-order valence-electron chi connectivity index (χ4n) is 2.29. The predicted molar refractivity (Wildman–Crippen MR) is 103 cm³/mol. The number of nitrogens with two attached hydrogens (primary N) is 1. The van der Waals surface area contributed by atoms with Gasteiger partial charge in [-0.25, -0.2) is 0 Å². The highest BCUT2D eigenvalue weighted by molar-refractivity contribution is 14.0. The number of aliphatic imine (C=N–C) groups is 1. The summed E-state index contributed by atoms with van der Waals surface area (Å²) in [5, 5.41) is 11.9. The summed E-state index contributed by atoms with van der Waals surface area (Å²) in [5.41, 5.74) is 6.29. The number of hydrogen-bond donors (Lipinski definition) is 3. The van der Waals surface area contributed by atoms with Crippen molar-refractivity contribution >= 4 is 35.6 Å². The molecule has 144 valence electrons. The number of nitrogens with zero attached hydrogens (tertiary/aromatic N) is 1. The lowest BCUT2D eigenvalue weighted by atomic mass is 9.94. The van der Waals surface area contributed by atoms with E-state index in [0.717, 1.165) is 6.42 Å². The van der Waals surface area contributed by atoms with Gasteiger partial charge in [-0.3, -0.25) is 4.99 Å². The molecular weight excluding hydrogens is 450 g/mol. The molecule has 0 bridgehead atoms. The normalized spacial score (nSPS) is 13.3. The number of hydrogen-bond acceptors (Lipinski definition) is 3. The van der Waals surface area contributed by atoms with Crippen molar-refractivity contribution in [3.8, 4) is 5.75 Å². The lowest BCUT2D eigenvalue weighted by Crippen LogP contribution is -2.24. The van der Waals surface area contributed by atoms with Gasteiger partial charge < -0.3 is 20.9 Å². The average molecular weight is 475 g/mol. The first-order valence-electron chi connectivity index (χ1n) is 7.73. The average Bonchev–Trinajstić information content (AvgIpc) is 2.45. The van der Waals surface area contributed by atoms with Crippen LogP contribution in [0.2, 0.25) is 0 Å². The second-order valence-electron chi connectivity index (χ2n) is 5.93. The van der Waals surface area contributed by atoms with Crippen LogP contribution in [0.1, 0.15) is 26.7 Å². The maximum Gasteiger partial charge on any atom is 0.573 e. The molecule has 1 rings (SSSR count). The summed E-state index contributed by atoms with van der Waals surface area (Å²) in [5.74, 6) is 0.597. The highest BCUT2D eigenvalue weighted by Crippen LogP contribution is 2.24. The summed E-state index contributed by atoms with van der Waals surface area (Å²) in [7, 11) is 0. The maximum atomic E-state index is 12.1. The molecule has 0 spiro atoms. The first-order valence-corrected chi connectivity index (χ1v) is 7.73. The highest BCUT2D eigenvalue weighted by Gasteiger charge is 2.30. The van der Waals surface area contributed by atoms with Gasteiger partial charge in [0.1, 0.15) is 5.75 Å². The second kappa shape index (κ2) is 11.4. The number of ether oxygens (including phenoxy) is 1. The molecule has 0 aliphatic heterocycles. The molecule has 0 fully saturated rings. The third kappa shape index (κ3) is 11.1. The largest absolute Gasteiger partial charge is 0.573 e. The van der Waals surface area contributed by atoms with Gasteiger partial charge in [0.25, 0.3) is 0 Å². The number of aliphatic hydroxyl groups is 1. The van der Waals surface area contributed by atoms with Crippen LogP contribution in [-0.4, -0.2) is 30.6 Å². The van der Waals surface area contributed by atoms with Crippen molar-refractivity contribution in [2.75, 3.05) is 18.5 Å². The smallest absolute Gasteiger partial charge is 0.406 e. The van der Waals surface area contributed by atoms with Crippen molar-refractivity contribution in [1.29, 1.82) is 0 Å². The summed E-state index contributed by atoms with van der Waals surface area (Å²) < 4.78 is 40.1. The van der Waals surface area contributed by atoms with Gasteiger partial charge >= 0.3 is 6.36 Å². The van der Waals surface area contributed by atoms with Gasteiger partial charge in [-0.05, 0) is 48.9 Å². The Morgan fingerprint density at radius 1 is 1.28 bits per heavy atom. The van der Waals surface area contributed by atoms with Crippen LogP contribution in [0.25, 0.3) is 0 Å². The summed E-state index contributed by atoms with van der Waals surface area (Å²) >= 11 is 0. The predicted octanol–water partition coefficient (Wildman–Crippen LogP) is 3.97. The van der Waals surface area contributed by atoms with Crippen molar-refractivity contribution in [3.05, 3.63) is 24.3 Å². The summed E-state index contributed by atoms with van der Waals surface area (Å²) in [6, 6.07) is 5.22. The van der Waals surface area contributed by atoms with Crippen molar-refractivity contribution in [2.24, 2.45) is 22.6 Å². The molecule has 4 N–H and O–H groups in total. The first kappa shape index (κ1) is 23.8. The number of halogens is 4. The molecule has 1 aromatic carbocycles. The summed E-state index contributed by atoms with van der Waals surface area (Å²) in [6.45, 7) is 4.77. The minimum absolute atomic E-state index is 0. The monoisotopic (exact) mass is 475 g/mol. The molecule has 0 radical (unpaired) electrons. The number of rotatable bonds is 8. The zero-order valence-electron chi connectivity index (χ0n) is 14.2. The minimum atomic E-state index is -4.71. The van der Waals surface area contributed by atoms with Crippen molar-refractivity contribution < 1.29 is 23.0 Å². The molecule has 1 aromatic rings. The molecule has 0 saturated carbocycles. The third-order valence-corrected chi connectivity index (χ3v) is 3.22. The van der Waals surface area contributed by atoms with E-state index in [1.54, 1.807) is 0 Å². The fraction of sp³-hybridized carbons (Fsp3) is 0.562. The Balaban J connectivity index is 0.00000576. The van der Waals surface area contributed by atoms with Crippen LogP contribution in [0, 0.1) is 11.8 Å². The summed E-state index contributed by atoms with van der Waals surface area (Å²) in [6.07, 6.45) is -3.13. The molecule has 0 aromatic heterocycles. The van der Waals surface area contributed by atoms with E-state index in [9.17, 15) is 13.2 Å². The topological polar surface area (TPSA) is 79.9 Å². The van der Waals surface area contributed by atoms with Crippen LogP contribution in [0.15, 0.2) is 29.3 Å². The molecule has 9 heteroatoms. The second-order valence-corrected chi connectivity index (χ2v) is 5.93. The lowest BCUT2D eigenvalue weighted by molar-refractivity contribution is -0.274. The molecular formula is C16H25F3IN3O2. The number of alkyl halides is 3. The van der Waals surface area contributed by atoms with Gasteiger partial charge in [-0.1, -0.05) is 13.8 Å². The van der Waals surface area contributed by atoms with Gasteiger partial charge in [-0.2, -0.15) is 0 Å². The molecule has 0 aliphatic rings. The van der Waals surface area contributed by atoms with Gasteiger partial charge in [0.05, 0.1) is 0 Å². The Kier molecular flexibility index (Phi) is 10.8.